The molecule has 0 aromatic rings. The molecule has 0 saturated heterocycles. The third-order valence-electron chi connectivity index (χ3n) is 3.41. The molecular weight excluding hydrogens is 192 g/mol. The molecule has 1 aliphatic carbocycles. The van der Waals surface area contributed by atoms with Gasteiger partial charge in [0.25, 0.3) is 0 Å². The van der Waals surface area contributed by atoms with Gasteiger partial charge in [-0.05, 0) is 13.8 Å². The van der Waals surface area contributed by atoms with Crippen LogP contribution in [0, 0.1) is 5.92 Å². The third-order valence-corrected chi connectivity index (χ3v) is 3.41. The van der Waals surface area contributed by atoms with Gasteiger partial charge in [-0.25, -0.2) is 0 Å². The van der Waals surface area contributed by atoms with E-state index >= 15 is 0 Å². The predicted molar refractivity (Wildman–Crippen MR) is 58.5 cm³/mol. The van der Waals surface area contributed by atoms with Gasteiger partial charge in [0.1, 0.15) is 5.78 Å². The Hall–Kier alpha value is -0.670. The Kier molecular flexibility index (Phi) is 4.05. The zero-order valence-corrected chi connectivity index (χ0v) is 10.0. The van der Waals surface area contributed by atoms with Crippen LogP contribution in [-0.2, 0) is 14.3 Å². The van der Waals surface area contributed by atoms with Crippen molar-refractivity contribution in [3.05, 3.63) is 11.6 Å². The summed E-state index contributed by atoms with van der Waals surface area (Å²) in [7, 11) is 3.30. The van der Waals surface area contributed by atoms with E-state index in [4.69, 9.17) is 9.47 Å². The van der Waals surface area contributed by atoms with Crippen LogP contribution in [0.2, 0.25) is 0 Å². The first-order chi connectivity index (χ1) is 7.09. The van der Waals surface area contributed by atoms with E-state index in [-0.39, 0.29) is 5.92 Å². The van der Waals surface area contributed by atoms with Crippen LogP contribution in [0.1, 0.15) is 33.1 Å². The van der Waals surface area contributed by atoms with E-state index in [2.05, 4.69) is 0 Å². The van der Waals surface area contributed by atoms with Crippen molar-refractivity contribution in [2.45, 2.75) is 38.9 Å². The van der Waals surface area contributed by atoms with E-state index in [0.717, 1.165) is 5.57 Å². The van der Waals surface area contributed by atoms with Gasteiger partial charge in [0, 0.05) is 39.4 Å². The molecule has 0 amide bonds. The average molecular weight is 212 g/mol. The highest BCUT2D eigenvalue weighted by atomic mass is 16.7. The molecule has 0 N–H and O–H groups in total. The molecule has 1 aliphatic rings. The lowest BCUT2D eigenvalue weighted by molar-refractivity contribution is -0.243. The fourth-order valence-electron chi connectivity index (χ4n) is 2.25. The Balaban J connectivity index is 2.97. The Morgan fingerprint density at radius 2 is 2.07 bits per heavy atom. The second kappa shape index (κ2) is 4.90. The van der Waals surface area contributed by atoms with Crippen molar-refractivity contribution >= 4 is 5.78 Å². The van der Waals surface area contributed by atoms with Gasteiger partial charge in [-0.3, -0.25) is 4.79 Å². The van der Waals surface area contributed by atoms with E-state index < -0.39 is 5.79 Å². The van der Waals surface area contributed by atoms with Crippen molar-refractivity contribution in [1.29, 1.82) is 0 Å². The second-order valence-corrected chi connectivity index (χ2v) is 4.05. The topological polar surface area (TPSA) is 35.5 Å². The van der Waals surface area contributed by atoms with Crippen LogP contribution in [0.3, 0.4) is 0 Å². The Labute approximate surface area is 91.4 Å². The quantitative estimate of drug-likeness (QED) is 0.532. The smallest absolute Gasteiger partial charge is 0.174 e. The zero-order chi connectivity index (χ0) is 11.5. The maximum atomic E-state index is 11.5. The number of carbonyl (C=O) groups is 1. The minimum Gasteiger partial charge on any atom is -0.353 e. The number of hydrogen-bond donors (Lipinski definition) is 0. The Morgan fingerprint density at radius 1 is 1.47 bits per heavy atom. The van der Waals surface area contributed by atoms with Crippen LogP contribution in [0.4, 0.5) is 0 Å². The average Bonchev–Trinajstić information content (AvgIpc) is 2.28. The largest absolute Gasteiger partial charge is 0.353 e. The van der Waals surface area contributed by atoms with Gasteiger partial charge in [-0.2, -0.15) is 0 Å². The summed E-state index contributed by atoms with van der Waals surface area (Å²) in [5.74, 6) is -0.255. The summed E-state index contributed by atoms with van der Waals surface area (Å²) < 4.78 is 11.0. The molecule has 1 saturated carbocycles. The monoisotopic (exact) mass is 212 g/mol. The molecule has 0 radical (unpaired) electrons. The second-order valence-electron chi connectivity index (χ2n) is 4.05. The van der Waals surface area contributed by atoms with Crippen LogP contribution in [0.15, 0.2) is 11.6 Å². The molecule has 0 aromatic heterocycles. The minimum absolute atomic E-state index is 0.0544. The lowest BCUT2D eigenvalue weighted by Gasteiger charge is -2.41. The molecule has 0 heterocycles. The number of allylic oxidation sites excluding steroid dienone is 1. The molecule has 0 bridgehead atoms. The molecule has 1 rings (SSSR count). The van der Waals surface area contributed by atoms with E-state index in [1.54, 1.807) is 14.2 Å². The van der Waals surface area contributed by atoms with Gasteiger partial charge in [0.15, 0.2) is 5.79 Å². The summed E-state index contributed by atoms with van der Waals surface area (Å²) in [5, 5.41) is 0. The number of ketones is 1. The number of methoxy groups -OCH3 is 2. The summed E-state index contributed by atoms with van der Waals surface area (Å²) in [5.41, 5.74) is 1.16. The third kappa shape index (κ3) is 2.29. The van der Waals surface area contributed by atoms with Gasteiger partial charge < -0.3 is 9.47 Å². The number of rotatable bonds is 3. The zero-order valence-electron chi connectivity index (χ0n) is 10.0. The fourth-order valence-corrected chi connectivity index (χ4v) is 2.25. The molecule has 3 heteroatoms. The highest BCUT2D eigenvalue weighted by molar-refractivity contribution is 5.80. The lowest BCUT2D eigenvalue weighted by atomic mass is 9.78. The number of Topliss-reactive ketones (excluding diaryl/α,β-unsaturated/α-hetero) is 1. The van der Waals surface area contributed by atoms with Gasteiger partial charge in [0.2, 0.25) is 0 Å². The van der Waals surface area contributed by atoms with E-state index in [9.17, 15) is 4.79 Å². The Bertz CT molecular complexity index is 264. The fraction of sp³-hybridized carbons (Fsp3) is 0.750. The van der Waals surface area contributed by atoms with E-state index in [1.807, 2.05) is 19.9 Å². The Morgan fingerprint density at radius 3 is 2.53 bits per heavy atom. The van der Waals surface area contributed by atoms with Gasteiger partial charge >= 0.3 is 0 Å². The van der Waals surface area contributed by atoms with E-state index in [0.29, 0.717) is 25.0 Å². The number of hydrogen-bond acceptors (Lipinski definition) is 3. The van der Waals surface area contributed by atoms with Crippen molar-refractivity contribution in [2.75, 3.05) is 14.2 Å². The van der Waals surface area contributed by atoms with Gasteiger partial charge in [-0.15, -0.1) is 0 Å². The van der Waals surface area contributed by atoms with Crippen LogP contribution >= 0.6 is 0 Å². The molecule has 86 valence electrons. The van der Waals surface area contributed by atoms with Crippen molar-refractivity contribution in [1.82, 2.24) is 0 Å². The molecule has 1 unspecified atom stereocenters. The van der Waals surface area contributed by atoms with Crippen LogP contribution in [0.5, 0.6) is 0 Å². The van der Waals surface area contributed by atoms with Crippen LogP contribution in [0.25, 0.3) is 0 Å². The number of ether oxygens (including phenoxy) is 2. The van der Waals surface area contributed by atoms with Gasteiger partial charge in [0.05, 0.1) is 0 Å². The van der Waals surface area contributed by atoms with Crippen molar-refractivity contribution in [3.63, 3.8) is 0 Å². The standard InChI is InChI=1S/C12H20O3/c1-5-9(2)11-8-10(13)6-7-12(11,14-3)15-4/h5,11H,6-8H2,1-4H3/b9-5+. The summed E-state index contributed by atoms with van der Waals surface area (Å²) in [4.78, 5) is 11.5. The maximum Gasteiger partial charge on any atom is 0.174 e. The first kappa shape index (κ1) is 12.4. The maximum absolute atomic E-state index is 11.5. The predicted octanol–water partition coefficient (Wildman–Crippen LogP) is 2.31. The normalized spacial score (nSPS) is 26.8. The molecule has 1 atom stereocenters. The van der Waals surface area contributed by atoms with Gasteiger partial charge in [-0.1, -0.05) is 11.6 Å². The first-order valence-corrected chi connectivity index (χ1v) is 5.34. The number of carbonyl (C=O) groups excluding carboxylic acids is 1. The summed E-state index contributed by atoms with van der Waals surface area (Å²) in [6, 6.07) is 0. The lowest BCUT2D eigenvalue weighted by Crippen LogP contribution is -2.47. The molecule has 15 heavy (non-hydrogen) atoms. The summed E-state index contributed by atoms with van der Waals surface area (Å²) in [6.45, 7) is 4.00. The summed E-state index contributed by atoms with van der Waals surface area (Å²) >= 11 is 0. The minimum atomic E-state index is -0.607. The molecule has 1 fully saturated rings. The van der Waals surface area contributed by atoms with Crippen molar-refractivity contribution in [3.8, 4) is 0 Å². The van der Waals surface area contributed by atoms with E-state index in [1.165, 1.54) is 0 Å². The van der Waals surface area contributed by atoms with Crippen LogP contribution in [-0.4, -0.2) is 25.8 Å². The molecule has 0 spiro atoms. The van der Waals surface area contributed by atoms with Crippen molar-refractivity contribution < 1.29 is 14.3 Å². The summed E-state index contributed by atoms with van der Waals surface area (Å²) in [6.07, 6.45) is 3.75. The SMILES string of the molecule is C/C=C(\C)C1CC(=O)CCC1(OC)OC. The highest BCUT2D eigenvalue weighted by Crippen LogP contribution is 2.39. The van der Waals surface area contributed by atoms with Crippen molar-refractivity contribution in [2.24, 2.45) is 5.92 Å². The molecular formula is C12H20O3. The first-order valence-electron chi connectivity index (χ1n) is 5.34. The highest BCUT2D eigenvalue weighted by Gasteiger charge is 2.44. The molecule has 0 aromatic carbocycles. The van der Waals surface area contributed by atoms with Crippen LogP contribution < -0.4 is 0 Å². The molecule has 0 aliphatic heterocycles. The molecule has 3 nitrogen and oxygen atoms in total.